The van der Waals surface area contributed by atoms with Crippen LogP contribution in [0, 0.1) is 0 Å². The van der Waals surface area contributed by atoms with Crippen LogP contribution in [0.4, 0.5) is 0 Å². The third kappa shape index (κ3) is 2.75. The zero-order valence-electron chi connectivity index (χ0n) is 8.89. The van der Waals surface area contributed by atoms with Crippen molar-refractivity contribution in [3.63, 3.8) is 0 Å². The van der Waals surface area contributed by atoms with Crippen LogP contribution in [0.1, 0.15) is 5.56 Å². The van der Waals surface area contributed by atoms with E-state index in [0.29, 0.717) is 26.3 Å². The highest BCUT2D eigenvalue weighted by atomic mass is 35.5. The van der Waals surface area contributed by atoms with Gasteiger partial charge in [-0.1, -0.05) is 40.0 Å². The molecule has 1 heterocycles. The average Bonchev–Trinajstić information content (AvgIpc) is 2.84. The Morgan fingerprint density at radius 1 is 1.22 bits per heavy atom. The van der Waals surface area contributed by atoms with Crippen LogP contribution < -0.4 is 0 Å². The minimum absolute atomic E-state index is 0.216. The second-order valence-corrected chi connectivity index (χ2v) is 4.61. The van der Waals surface area contributed by atoms with E-state index in [4.69, 9.17) is 40.0 Å². The Hall–Kier alpha value is -1.30. The summed E-state index contributed by atoms with van der Waals surface area (Å²) in [6.07, 6.45) is 2.88. The molecule has 1 N–H and O–H groups in total. The molecule has 0 aliphatic heterocycles. The normalized spacial score (nSPS) is 11.8. The molecule has 0 unspecified atom stereocenters. The molecule has 2 rings (SSSR count). The lowest BCUT2D eigenvalue weighted by Crippen LogP contribution is -2.13. The third-order valence-corrected chi connectivity index (χ3v) is 3.25. The van der Waals surface area contributed by atoms with Gasteiger partial charge in [-0.25, -0.2) is 9.67 Å². The van der Waals surface area contributed by atoms with E-state index < -0.39 is 0 Å². The number of aromatic nitrogens is 3. The molecular weight excluding hydrogens is 298 g/mol. The second kappa shape index (κ2) is 5.56. The maximum absolute atomic E-state index is 9.05. The van der Waals surface area contributed by atoms with Gasteiger partial charge in [-0.3, -0.25) is 0 Å². The number of rotatable bonds is 3. The van der Waals surface area contributed by atoms with E-state index in [1.165, 1.54) is 29.5 Å². The Kier molecular flexibility index (Phi) is 4.06. The summed E-state index contributed by atoms with van der Waals surface area (Å²) < 4.78 is 1.49. The van der Waals surface area contributed by atoms with Gasteiger partial charge in [0, 0.05) is 5.56 Å². The summed E-state index contributed by atoms with van der Waals surface area (Å²) in [6.45, 7) is 0.216. The van der Waals surface area contributed by atoms with Gasteiger partial charge in [-0.05, 0) is 12.1 Å². The van der Waals surface area contributed by atoms with Crippen molar-refractivity contribution in [2.24, 2.45) is 5.16 Å². The van der Waals surface area contributed by atoms with Crippen LogP contribution in [0.3, 0.4) is 0 Å². The molecular formula is C10H7Cl3N4O. The summed E-state index contributed by atoms with van der Waals surface area (Å²) in [7, 11) is 0. The van der Waals surface area contributed by atoms with E-state index in [9.17, 15) is 0 Å². The lowest BCUT2D eigenvalue weighted by Gasteiger charge is -2.08. The van der Waals surface area contributed by atoms with Crippen molar-refractivity contribution in [1.82, 2.24) is 14.8 Å². The molecule has 1 aromatic carbocycles. The number of oxime groups is 1. The molecule has 8 heteroatoms. The lowest BCUT2D eigenvalue weighted by molar-refractivity contribution is 0.317. The van der Waals surface area contributed by atoms with Gasteiger partial charge in [-0.15, -0.1) is 0 Å². The molecule has 2 aromatic rings. The Bertz CT molecular complexity index is 583. The maximum Gasteiger partial charge on any atom is 0.137 e. The van der Waals surface area contributed by atoms with Crippen LogP contribution in [0.5, 0.6) is 0 Å². The highest BCUT2D eigenvalue weighted by molar-refractivity contribution is 6.44. The Morgan fingerprint density at radius 2 is 1.94 bits per heavy atom. The largest absolute Gasteiger partial charge is 0.411 e. The van der Waals surface area contributed by atoms with Gasteiger partial charge in [0.15, 0.2) is 0 Å². The van der Waals surface area contributed by atoms with Gasteiger partial charge < -0.3 is 5.21 Å². The molecule has 0 atom stereocenters. The zero-order valence-corrected chi connectivity index (χ0v) is 11.2. The molecule has 0 aliphatic carbocycles. The minimum Gasteiger partial charge on any atom is -0.411 e. The van der Waals surface area contributed by atoms with Crippen molar-refractivity contribution in [2.45, 2.75) is 6.54 Å². The molecule has 18 heavy (non-hydrogen) atoms. The van der Waals surface area contributed by atoms with Crippen LogP contribution >= 0.6 is 34.8 Å². The van der Waals surface area contributed by atoms with Crippen molar-refractivity contribution in [2.75, 3.05) is 0 Å². The van der Waals surface area contributed by atoms with Crippen LogP contribution in [0.25, 0.3) is 0 Å². The van der Waals surface area contributed by atoms with Gasteiger partial charge in [0.1, 0.15) is 18.4 Å². The minimum atomic E-state index is 0.216. The van der Waals surface area contributed by atoms with Crippen LogP contribution in [-0.4, -0.2) is 25.7 Å². The second-order valence-electron chi connectivity index (χ2n) is 3.39. The standard InChI is InChI=1S/C10H7Cl3N4O/c11-7-2-9(13)8(12)1-6(7)10(16-18)3-17-5-14-4-15-17/h1-2,4-5,18H,3H2/b16-10+. The fraction of sp³-hybridized carbons (Fsp3) is 0.100. The van der Waals surface area contributed by atoms with E-state index >= 15 is 0 Å². The van der Waals surface area contributed by atoms with Crippen molar-refractivity contribution in [3.8, 4) is 0 Å². The monoisotopic (exact) mass is 304 g/mol. The molecule has 5 nitrogen and oxygen atoms in total. The van der Waals surface area contributed by atoms with Gasteiger partial charge in [0.05, 0.1) is 21.6 Å². The molecule has 0 fully saturated rings. The predicted molar refractivity (Wildman–Crippen MR) is 69.8 cm³/mol. The van der Waals surface area contributed by atoms with Crippen molar-refractivity contribution in [1.29, 1.82) is 0 Å². The first-order valence-electron chi connectivity index (χ1n) is 4.80. The number of halogens is 3. The summed E-state index contributed by atoms with van der Waals surface area (Å²) in [4.78, 5) is 3.79. The Morgan fingerprint density at radius 3 is 2.56 bits per heavy atom. The van der Waals surface area contributed by atoms with Crippen molar-refractivity contribution >= 4 is 40.5 Å². The van der Waals surface area contributed by atoms with E-state index in [-0.39, 0.29) is 6.54 Å². The molecule has 0 aliphatic rings. The average molecular weight is 306 g/mol. The maximum atomic E-state index is 9.05. The highest BCUT2D eigenvalue weighted by Gasteiger charge is 2.13. The molecule has 0 radical (unpaired) electrons. The lowest BCUT2D eigenvalue weighted by atomic mass is 10.1. The van der Waals surface area contributed by atoms with Crippen molar-refractivity contribution < 1.29 is 5.21 Å². The number of benzene rings is 1. The molecule has 0 bridgehead atoms. The summed E-state index contributed by atoms with van der Waals surface area (Å²) >= 11 is 17.8. The first kappa shape index (κ1) is 13.1. The molecule has 0 amide bonds. The van der Waals surface area contributed by atoms with E-state index in [2.05, 4.69) is 15.2 Å². The topological polar surface area (TPSA) is 63.3 Å². The summed E-state index contributed by atoms with van der Waals surface area (Å²) in [5.41, 5.74) is 0.799. The molecule has 0 saturated carbocycles. The molecule has 94 valence electrons. The zero-order chi connectivity index (χ0) is 13.1. The van der Waals surface area contributed by atoms with Gasteiger partial charge in [0.25, 0.3) is 0 Å². The van der Waals surface area contributed by atoms with Gasteiger partial charge >= 0.3 is 0 Å². The molecule has 0 spiro atoms. The first-order valence-corrected chi connectivity index (χ1v) is 5.93. The summed E-state index contributed by atoms with van der Waals surface area (Å²) in [6, 6.07) is 3.03. The fourth-order valence-corrected chi connectivity index (χ4v) is 2.04. The van der Waals surface area contributed by atoms with Gasteiger partial charge in [0.2, 0.25) is 0 Å². The van der Waals surface area contributed by atoms with Crippen LogP contribution in [0.15, 0.2) is 29.9 Å². The quantitative estimate of drug-likeness (QED) is 0.410. The van der Waals surface area contributed by atoms with Crippen LogP contribution in [-0.2, 0) is 6.54 Å². The number of hydrogen-bond acceptors (Lipinski definition) is 4. The number of hydrogen-bond donors (Lipinski definition) is 1. The Labute approximate surface area is 118 Å². The SMILES string of the molecule is O/N=C(\Cn1cncn1)c1cc(Cl)c(Cl)cc1Cl. The first-order chi connectivity index (χ1) is 8.61. The number of nitrogens with zero attached hydrogens (tertiary/aromatic N) is 4. The summed E-state index contributed by atoms with van der Waals surface area (Å²) in [5.74, 6) is 0. The van der Waals surface area contributed by atoms with E-state index in [0.717, 1.165) is 0 Å². The van der Waals surface area contributed by atoms with Crippen molar-refractivity contribution in [3.05, 3.63) is 45.4 Å². The smallest absolute Gasteiger partial charge is 0.137 e. The molecule has 1 aromatic heterocycles. The predicted octanol–water partition coefficient (Wildman–Crippen LogP) is 3.12. The Balaban J connectivity index is 2.37. The van der Waals surface area contributed by atoms with E-state index in [1.807, 2.05) is 0 Å². The van der Waals surface area contributed by atoms with Crippen LogP contribution in [0.2, 0.25) is 15.1 Å². The van der Waals surface area contributed by atoms with Gasteiger partial charge in [-0.2, -0.15) is 5.10 Å². The van der Waals surface area contributed by atoms with E-state index in [1.54, 1.807) is 0 Å². The highest BCUT2D eigenvalue weighted by Crippen LogP contribution is 2.29. The summed E-state index contributed by atoms with van der Waals surface area (Å²) in [5, 5.41) is 17.2. The fourth-order valence-electron chi connectivity index (χ4n) is 1.38. The molecule has 0 saturated heterocycles. The third-order valence-electron chi connectivity index (χ3n) is 2.22.